The van der Waals surface area contributed by atoms with E-state index >= 15 is 0 Å². The van der Waals surface area contributed by atoms with E-state index in [0.717, 1.165) is 30.3 Å². The zero-order valence-electron chi connectivity index (χ0n) is 18.1. The Kier molecular flexibility index (Phi) is 6.31. The van der Waals surface area contributed by atoms with E-state index in [1.54, 1.807) is 0 Å². The Morgan fingerprint density at radius 1 is 1.19 bits per heavy atom. The first-order valence-electron chi connectivity index (χ1n) is 10.0. The standard InChI is InChI=1S/C21H13F3N6O7/c22-21(23,24)11-3-1-2-4-12(11)29-20(34)37-8-9-7-25-17(26-9)10-5-13-14(6-15(10)30(35)36)28-18(31)16(27-13)19(32)33/h1-7H,8H2,(H,25,26)(H,28,31)(H,29,34)(H,32,33). The number of anilines is 1. The lowest BCUT2D eigenvalue weighted by molar-refractivity contribution is -0.384. The van der Waals surface area contributed by atoms with Crippen molar-refractivity contribution >= 4 is 34.5 Å². The Bertz CT molecular complexity index is 1610. The number of benzene rings is 2. The third kappa shape index (κ3) is 5.21. The number of imidazole rings is 1. The maximum atomic E-state index is 13.1. The number of rotatable bonds is 6. The van der Waals surface area contributed by atoms with Crippen molar-refractivity contribution in [3.63, 3.8) is 0 Å². The molecule has 0 aliphatic carbocycles. The summed E-state index contributed by atoms with van der Waals surface area (Å²) in [5, 5.41) is 22.7. The Morgan fingerprint density at radius 2 is 1.92 bits per heavy atom. The number of nitrogens with zero attached hydrogens (tertiary/aromatic N) is 3. The SMILES string of the molecule is O=C(Nc1ccccc1C(F)(F)F)OCc1cnc(-c2cc3nc(C(=O)O)c(=O)[nH]c3cc2[N+](=O)[O-])[nH]1. The molecule has 190 valence electrons. The van der Waals surface area contributed by atoms with E-state index in [4.69, 9.17) is 9.84 Å². The first kappa shape index (κ1) is 24.8. The highest BCUT2D eigenvalue weighted by molar-refractivity contribution is 5.91. The second-order valence-corrected chi connectivity index (χ2v) is 7.36. The van der Waals surface area contributed by atoms with Crippen LogP contribution < -0.4 is 10.9 Å². The van der Waals surface area contributed by atoms with Crippen LogP contribution >= 0.6 is 0 Å². The molecule has 0 aliphatic heterocycles. The van der Waals surface area contributed by atoms with Gasteiger partial charge in [0.1, 0.15) is 12.4 Å². The second kappa shape index (κ2) is 9.40. The summed E-state index contributed by atoms with van der Waals surface area (Å²) < 4.78 is 44.1. The number of carbonyl (C=O) groups excluding carboxylic acids is 1. The molecule has 0 bridgehead atoms. The number of ether oxygens (including phenoxy) is 1. The number of hydrogen-bond donors (Lipinski definition) is 4. The highest BCUT2D eigenvalue weighted by Crippen LogP contribution is 2.35. The van der Waals surface area contributed by atoms with Gasteiger partial charge in [-0.1, -0.05) is 12.1 Å². The van der Waals surface area contributed by atoms with Crippen LogP contribution in [-0.2, 0) is 17.5 Å². The van der Waals surface area contributed by atoms with Gasteiger partial charge in [0.15, 0.2) is 0 Å². The number of nitro groups is 1. The molecule has 4 aromatic rings. The van der Waals surface area contributed by atoms with Crippen LogP contribution in [0.25, 0.3) is 22.4 Å². The number of carbonyl (C=O) groups is 2. The Balaban J connectivity index is 1.57. The van der Waals surface area contributed by atoms with E-state index in [9.17, 15) is 37.7 Å². The number of carboxylic acid groups (broad SMARTS) is 1. The number of para-hydroxylation sites is 1. The lowest BCUT2D eigenvalue weighted by atomic mass is 10.1. The Hall–Kier alpha value is -5.28. The molecule has 13 nitrogen and oxygen atoms in total. The molecular weight excluding hydrogens is 505 g/mol. The number of halogens is 3. The van der Waals surface area contributed by atoms with Gasteiger partial charge in [0, 0.05) is 6.07 Å². The van der Waals surface area contributed by atoms with Crippen LogP contribution in [0.5, 0.6) is 0 Å². The molecule has 16 heteroatoms. The van der Waals surface area contributed by atoms with Crippen molar-refractivity contribution in [1.29, 1.82) is 0 Å². The summed E-state index contributed by atoms with van der Waals surface area (Å²) in [4.78, 5) is 58.5. The molecule has 0 fully saturated rings. The minimum absolute atomic E-state index is 0.0745. The molecule has 0 atom stereocenters. The lowest BCUT2D eigenvalue weighted by Crippen LogP contribution is -2.19. The number of nitrogens with one attached hydrogen (secondary N) is 3. The van der Waals surface area contributed by atoms with Crippen molar-refractivity contribution in [3.8, 4) is 11.4 Å². The predicted octanol–water partition coefficient (Wildman–Crippen LogP) is 3.69. The van der Waals surface area contributed by atoms with Gasteiger partial charge < -0.3 is 19.8 Å². The first-order valence-corrected chi connectivity index (χ1v) is 10.0. The van der Waals surface area contributed by atoms with E-state index in [-0.39, 0.29) is 28.1 Å². The number of carboxylic acids is 1. The van der Waals surface area contributed by atoms with Gasteiger partial charge in [-0.25, -0.2) is 19.6 Å². The number of amides is 1. The average molecular weight is 518 g/mol. The van der Waals surface area contributed by atoms with Crippen molar-refractivity contribution in [2.75, 3.05) is 5.32 Å². The molecule has 0 saturated carbocycles. The third-order valence-corrected chi connectivity index (χ3v) is 4.92. The van der Waals surface area contributed by atoms with Crippen molar-refractivity contribution < 1.29 is 37.5 Å². The lowest BCUT2D eigenvalue weighted by Gasteiger charge is -2.13. The first-order chi connectivity index (χ1) is 17.4. The molecule has 4 N–H and O–H groups in total. The van der Waals surface area contributed by atoms with Gasteiger partial charge >= 0.3 is 18.2 Å². The second-order valence-electron chi connectivity index (χ2n) is 7.36. The fourth-order valence-electron chi connectivity index (χ4n) is 3.31. The van der Waals surface area contributed by atoms with Crippen LogP contribution in [0.2, 0.25) is 0 Å². The van der Waals surface area contributed by atoms with Gasteiger partial charge in [-0.3, -0.25) is 20.2 Å². The smallest absolute Gasteiger partial charge is 0.418 e. The third-order valence-electron chi connectivity index (χ3n) is 4.92. The molecule has 0 aliphatic rings. The molecular formula is C21H13F3N6O7. The van der Waals surface area contributed by atoms with Gasteiger partial charge in [-0.05, 0) is 18.2 Å². The molecule has 2 aromatic carbocycles. The number of alkyl halides is 3. The number of aromatic carboxylic acids is 1. The quantitative estimate of drug-likeness (QED) is 0.218. The summed E-state index contributed by atoms with van der Waals surface area (Å²) in [7, 11) is 0. The minimum atomic E-state index is -4.70. The van der Waals surface area contributed by atoms with E-state index in [1.165, 1.54) is 12.3 Å². The zero-order valence-corrected chi connectivity index (χ0v) is 18.1. The summed E-state index contributed by atoms with van der Waals surface area (Å²) >= 11 is 0. The van der Waals surface area contributed by atoms with E-state index in [0.29, 0.717) is 0 Å². The maximum Gasteiger partial charge on any atom is 0.418 e. The predicted molar refractivity (Wildman–Crippen MR) is 119 cm³/mol. The molecule has 1 amide bonds. The van der Waals surface area contributed by atoms with Crippen LogP contribution in [0.3, 0.4) is 0 Å². The number of aromatic nitrogens is 4. The highest BCUT2D eigenvalue weighted by atomic mass is 19.4. The van der Waals surface area contributed by atoms with Gasteiger partial charge in [-0.2, -0.15) is 13.2 Å². The number of aromatic amines is 2. The molecule has 0 spiro atoms. The Morgan fingerprint density at radius 3 is 2.59 bits per heavy atom. The van der Waals surface area contributed by atoms with E-state index < -0.39 is 58.0 Å². The molecule has 2 heterocycles. The normalized spacial score (nSPS) is 11.3. The molecule has 2 aromatic heterocycles. The summed E-state index contributed by atoms with van der Waals surface area (Å²) in [5.74, 6) is -1.68. The van der Waals surface area contributed by atoms with Crippen molar-refractivity contribution in [1.82, 2.24) is 19.9 Å². The maximum absolute atomic E-state index is 13.1. The summed E-state index contributed by atoms with van der Waals surface area (Å²) in [6.07, 6.45) is -4.73. The monoisotopic (exact) mass is 518 g/mol. The van der Waals surface area contributed by atoms with Gasteiger partial charge in [0.2, 0.25) is 5.69 Å². The molecule has 0 saturated heterocycles. The largest absolute Gasteiger partial charge is 0.476 e. The fourth-order valence-corrected chi connectivity index (χ4v) is 3.31. The zero-order chi connectivity index (χ0) is 26.9. The number of H-pyrrole nitrogens is 2. The molecule has 37 heavy (non-hydrogen) atoms. The number of fused-ring (bicyclic) bond motifs is 1. The Labute approximate surface area is 202 Å². The molecule has 0 radical (unpaired) electrons. The topological polar surface area (TPSA) is 193 Å². The molecule has 4 rings (SSSR count). The highest BCUT2D eigenvalue weighted by Gasteiger charge is 2.33. The van der Waals surface area contributed by atoms with Crippen LogP contribution in [0.1, 0.15) is 21.7 Å². The summed E-state index contributed by atoms with van der Waals surface area (Å²) in [6.45, 7) is -0.483. The van der Waals surface area contributed by atoms with Crippen molar-refractivity contribution in [2.24, 2.45) is 0 Å². The fraction of sp³-hybridized carbons (Fsp3) is 0.0952. The summed E-state index contributed by atoms with van der Waals surface area (Å²) in [6, 6.07) is 6.42. The van der Waals surface area contributed by atoms with E-state index in [2.05, 4.69) is 19.9 Å². The van der Waals surface area contributed by atoms with Gasteiger partial charge in [0.05, 0.1) is 44.7 Å². The average Bonchev–Trinajstić information content (AvgIpc) is 3.30. The molecule has 0 unspecified atom stereocenters. The van der Waals surface area contributed by atoms with E-state index in [1.807, 2.05) is 5.32 Å². The number of hydrogen-bond acceptors (Lipinski definition) is 8. The van der Waals surface area contributed by atoms with Crippen LogP contribution in [0.4, 0.5) is 29.3 Å². The van der Waals surface area contributed by atoms with Gasteiger partial charge in [0.25, 0.3) is 11.2 Å². The van der Waals surface area contributed by atoms with Crippen LogP contribution in [0, 0.1) is 10.1 Å². The summed E-state index contributed by atoms with van der Waals surface area (Å²) in [5.41, 5.74) is -4.10. The van der Waals surface area contributed by atoms with Gasteiger partial charge in [-0.15, -0.1) is 0 Å². The van der Waals surface area contributed by atoms with Crippen LogP contribution in [-0.4, -0.2) is 42.0 Å². The number of nitro benzene ring substituents is 1. The van der Waals surface area contributed by atoms with Crippen molar-refractivity contribution in [2.45, 2.75) is 12.8 Å². The van der Waals surface area contributed by atoms with Crippen LogP contribution in [0.15, 0.2) is 47.4 Å². The minimum Gasteiger partial charge on any atom is -0.476 e. The van der Waals surface area contributed by atoms with Crippen molar-refractivity contribution in [3.05, 3.63) is 80.0 Å².